The van der Waals surface area contributed by atoms with Crippen LogP contribution in [0.3, 0.4) is 0 Å². The molecule has 3 rings (SSSR count). The first kappa shape index (κ1) is 13.6. The number of carbonyl (C=O) groups excluding carboxylic acids is 1. The highest BCUT2D eigenvalue weighted by Crippen LogP contribution is 2.22. The van der Waals surface area contributed by atoms with Gasteiger partial charge in [-0.05, 0) is 32.3 Å². The molecule has 1 saturated heterocycles. The molecule has 2 aliphatic rings. The number of aliphatic hydroxyl groups excluding tert-OH is 1. The van der Waals surface area contributed by atoms with Crippen molar-refractivity contribution in [2.45, 2.75) is 38.3 Å². The predicted molar refractivity (Wildman–Crippen MR) is 74.1 cm³/mol. The van der Waals surface area contributed by atoms with Crippen molar-refractivity contribution in [3.63, 3.8) is 0 Å². The fraction of sp³-hybridized carbons (Fsp3) is 0.714. The summed E-state index contributed by atoms with van der Waals surface area (Å²) in [5, 5.41) is 20.2. The summed E-state index contributed by atoms with van der Waals surface area (Å²) in [7, 11) is 0. The van der Waals surface area contributed by atoms with Crippen LogP contribution >= 0.6 is 0 Å². The van der Waals surface area contributed by atoms with Crippen molar-refractivity contribution in [3.05, 3.63) is 17.5 Å². The zero-order chi connectivity index (χ0) is 14.1. The van der Waals surface area contributed by atoms with Gasteiger partial charge in [0.15, 0.2) is 0 Å². The van der Waals surface area contributed by atoms with E-state index in [-0.39, 0.29) is 17.9 Å². The molecule has 2 fully saturated rings. The molecule has 1 aromatic heterocycles. The fourth-order valence-corrected chi connectivity index (χ4v) is 2.82. The number of nitrogens with one attached hydrogen (secondary N) is 2. The van der Waals surface area contributed by atoms with Crippen LogP contribution in [0, 0.1) is 12.8 Å². The normalized spacial score (nSPS) is 26.9. The number of hydrogen-bond acceptors (Lipinski definition) is 4. The molecular formula is C14H22N4O2. The van der Waals surface area contributed by atoms with E-state index in [9.17, 15) is 9.90 Å². The maximum Gasteiger partial charge on any atom is 0.234 e. The van der Waals surface area contributed by atoms with Gasteiger partial charge in [0.05, 0.1) is 18.3 Å². The second kappa shape index (κ2) is 5.54. The summed E-state index contributed by atoms with van der Waals surface area (Å²) in [4.78, 5) is 13.8. The van der Waals surface area contributed by atoms with Gasteiger partial charge in [-0.3, -0.25) is 14.8 Å². The van der Waals surface area contributed by atoms with E-state index >= 15 is 0 Å². The summed E-state index contributed by atoms with van der Waals surface area (Å²) in [6.07, 6.45) is 2.60. The molecule has 1 aliphatic heterocycles. The van der Waals surface area contributed by atoms with Gasteiger partial charge in [0, 0.05) is 30.7 Å². The van der Waals surface area contributed by atoms with Crippen LogP contribution in [0.2, 0.25) is 0 Å². The lowest BCUT2D eigenvalue weighted by atomic mass is 10.0. The Morgan fingerprint density at radius 3 is 3.00 bits per heavy atom. The van der Waals surface area contributed by atoms with E-state index in [2.05, 4.69) is 15.5 Å². The molecule has 0 unspecified atom stereocenters. The van der Waals surface area contributed by atoms with Gasteiger partial charge in [0.1, 0.15) is 0 Å². The first-order valence-corrected chi connectivity index (χ1v) is 7.31. The third-order valence-corrected chi connectivity index (χ3v) is 4.02. The van der Waals surface area contributed by atoms with Crippen LogP contribution in [0.5, 0.6) is 0 Å². The van der Waals surface area contributed by atoms with E-state index in [1.54, 1.807) is 0 Å². The standard InChI is InChI=1S/C14H22N4O2/c1-9-4-12(17-16-9)5-10-6-18(7-13(10)19)8-14(20)15-11-2-3-11/h4,10-11,13,19H,2-3,5-8H2,1H3,(H,15,20)(H,16,17)/t10-,13-/m1/s1. The van der Waals surface area contributed by atoms with E-state index in [1.165, 1.54) is 0 Å². The van der Waals surface area contributed by atoms with E-state index < -0.39 is 0 Å². The maximum absolute atomic E-state index is 11.8. The number of likely N-dealkylation sites (tertiary alicyclic amines) is 1. The first-order valence-electron chi connectivity index (χ1n) is 7.31. The number of hydrogen-bond donors (Lipinski definition) is 3. The van der Waals surface area contributed by atoms with Crippen molar-refractivity contribution >= 4 is 5.91 Å². The molecule has 2 heterocycles. The van der Waals surface area contributed by atoms with Crippen molar-refractivity contribution in [2.24, 2.45) is 5.92 Å². The molecule has 1 aromatic rings. The summed E-state index contributed by atoms with van der Waals surface area (Å²) in [6.45, 7) is 3.69. The van der Waals surface area contributed by atoms with Crippen LogP contribution in [0.4, 0.5) is 0 Å². The predicted octanol–water partition coefficient (Wildman–Crippen LogP) is -0.168. The van der Waals surface area contributed by atoms with Crippen LogP contribution in [-0.2, 0) is 11.2 Å². The van der Waals surface area contributed by atoms with Crippen molar-refractivity contribution < 1.29 is 9.90 Å². The largest absolute Gasteiger partial charge is 0.391 e. The van der Waals surface area contributed by atoms with Crippen LogP contribution in [0.25, 0.3) is 0 Å². The fourth-order valence-electron chi connectivity index (χ4n) is 2.82. The van der Waals surface area contributed by atoms with Crippen LogP contribution in [-0.4, -0.2) is 57.9 Å². The Morgan fingerprint density at radius 2 is 2.35 bits per heavy atom. The second-order valence-electron chi connectivity index (χ2n) is 6.11. The molecule has 20 heavy (non-hydrogen) atoms. The quantitative estimate of drug-likeness (QED) is 0.698. The van der Waals surface area contributed by atoms with Gasteiger partial charge < -0.3 is 10.4 Å². The molecule has 0 bridgehead atoms. The number of aromatic amines is 1. The molecule has 1 amide bonds. The van der Waals surface area contributed by atoms with Gasteiger partial charge >= 0.3 is 0 Å². The van der Waals surface area contributed by atoms with E-state index in [0.29, 0.717) is 19.1 Å². The second-order valence-corrected chi connectivity index (χ2v) is 6.11. The molecule has 0 aromatic carbocycles. The summed E-state index contributed by atoms with van der Waals surface area (Å²) in [5.41, 5.74) is 2.02. The van der Waals surface area contributed by atoms with E-state index in [4.69, 9.17) is 0 Å². The zero-order valence-corrected chi connectivity index (χ0v) is 11.8. The Hall–Kier alpha value is -1.40. The van der Waals surface area contributed by atoms with Gasteiger partial charge in [-0.25, -0.2) is 0 Å². The summed E-state index contributed by atoms with van der Waals surface area (Å²) in [5.74, 6) is 0.238. The molecule has 3 N–H and O–H groups in total. The number of rotatable bonds is 5. The Morgan fingerprint density at radius 1 is 1.55 bits per heavy atom. The monoisotopic (exact) mass is 278 g/mol. The van der Waals surface area contributed by atoms with Crippen LogP contribution in [0.15, 0.2) is 6.07 Å². The number of nitrogens with zero attached hydrogens (tertiary/aromatic N) is 2. The zero-order valence-electron chi connectivity index (χ0n) is 11.8. The van der Waals surface area contributed by atoms with Crippen molar-refractivity contribution in [1.82, 2.24) is 20.4 Å². The van der Waals surface area contributed by atoms with Gasteiger partial charge in [-0.2, -0.15) is 5.10 Å². The van der Waals surface area contributed by atoms with Gasteiger partial charge in [0.2, 0.25) is 5.91 Å². The molecule has 6 nitrogen and oxygen atoms in total. The molecule has 0 radical (unpaired) electrons. The molecule has 1 saturated carbocycles. The highest BCUT2D eigenvalue weighted by atomic mass is 16.3. The number of aliphatic hydroxyl groups is 1. The molecular weight excluding hydrogens is 256 g/mol. The Bertz CT molecular complexity index is 483. The molecule has 1 aliphatic carbocycles. The lowest BCUT2D eigenvalue weighted by molar-refractivity contribution is -0.122. The number of H-pyrrole nitrogens is 1. The first-order chi connectivity index (χ1) is 9.60. The number of amides is 1. The maximum atomic E-state index is 11.8. The smallest absolute Gasteiger partial charge is 0.234 e. The van der Waals surface area contributed by atoms with E-state index in [0.717, 1.165) is 37.2 Å². The average molecular weight is 278 g/mol. The Balaban J connectivity index is 1.49. The number of aromatic nitrogens is 2. The third kappa shape index (κ3) is 3.37. The lowest BCUT2D eigenvalue weighted by Crippen LogP contribution is -2.37. The van der Waals surface area contributed by atoms with Crippen LogP contribution < -0.4 is 5.32 Å². The molecule has 2 atom stereocenters. The number of carbonyl (C=O) groups is 1. The van der Waals surface area contributed by atoms with Crippen molar-refractivity contribution in [2.75, 3.05) is 19.6 Å². The van der Waals surface area contributed by atoms with Crippen LogP contribution in [0.1, 0.15) is 24.2 Å². The highest BCUT2D eigenvalue weighted by Gasteiger charge is 2.33. The third-order valence-electron chi connectivity index (χ3n) is 4.02. The minimum atomic E-state index is -0.374. The summed E-state index contributed by atoms with van der Waals surface area (Å²) in [6, 6.07) is 2.41. The summed E-state index contributed by atoms with van der Waals surface area (Å²) >= 11 is 0. The van der Waals surface area contributed by atoms with Gasteiger partial charge in [-0.1, -0.05) is 0 Å². The topological polar surface area (TPSA) is 81.2 Å². The minimum Gasteiger partial charge on any atom is -0.391 e. The molecule has 6 heteroatoms. The number of aryl methyl sites for hydroxylation is 1. The highest BCUT2D eigenvalue weighted by molar-refractivity contribution is 5.78. The van der Waals surface area contributed by atoms with Crippen molar-refractivity contribution in [1.29, 1.82) is 0 Å². The van der Waals surface area contributed by atoms with Crippen molar-refractivity contribution in [3.8, 4) is 0 Å². The molecule has 0 spiro atoms. The number of β-amino-alcohol motifs (C(OH)–C–C–N with tert-alkyl or cyclic N) is 1. The minimum absolute atomic E-state index is 0.0796. The SMILES string of the molecule is Cc1cc(C[C@@H]2CN(CC(=O)NC3CC3)C[C@H]2O)n[nH]1. The Kier molecular flexibility index (Phi) is 3.76. The average Bonchev–Trinajstić information content (AvgIpc) is 2.99. The van der Waals surface area contributed by atoms with E-state index in [1.807, 2.05) is 17.9 Å². The molecule has 110 valence electrons. The van der Waals surface area contributed by atoms with Gasteiger partial charge in [0.25, 0.3) is 0 Å². The Labute approximate surface area is 118 Å². The lowest BCUT2D eigenvalue weighted by Gasteiger charge is -2.14. The van der Waals surface area contributed by atoms with Gasteiger partial charge in [-0.15, -0.1) is 0 Å². The summed E-state index contributed by atoms with van der Waals surface area (Å²) < 4.78 is 0.